The minimum Gasteiger partial charge on any atom is -0.488 e. The molecule has 0 saturated heterocycles. The number of aryl methyl sites for hydroxylation is 1. The summed E-state index contributed by atoms with van der Waals surface area (Å²) < 4.78 is 10.9. The number of nitrogens with one attached hydrogen (secondary N) is 1. The van der Waals surface area contributed by atoms with E-state index in [2.05, 4.69) is 29.2 Å². The van der Waals surface area contributed by atoms with Crippen molar-refractivity contribution in [1.82, 2.24) is 4.98 Å². The van der Waals surface area contributed by atoms with Gasteiger partial charge >= 0.3 is 5.97 Å². The molecule has 0 bridgehead atoms. The molecule has 0 fully saturated rings. The molecular formula is C25H22ClNO3. The Hall–Kier alpha value is -3.24. The Labute approximate surface area is 180 Å². The van der Waals surface area contributed by atoms with Crippen LogP contribution in [0.5, 0.6) is 5.75 Å². The molecule has 0 saturated carbocycles. The second-order valence-corrected chi connectivity index (χ2v) is 7.54. The average molecular weight is 420 g/mol. The second kappa shape index (κ2) is 9.06. The number of hydrogen-bond donors (Lipinski definition) is 1. The Bertz CT molecular complexity index is 1160. The smallest absolute Gasteiger partial charge is 0.305 e. The van der Waals surface area contributed by atoms with Crippen LogP contribution in [0, 0.1) is 0 Å². The highest BCUT2D eigenvalue weighted by Gasteiger charge is 2.11. The van der Waals surface area contributed by atoms with Crippen LogP contribution < -0.4 is 4.74 Å². The average Bonchev–Trinajstić information content (AvgIpc) is 3.25. The largest absolute Gasteiger partial charge is 0.488 e. The zero-order valence-electron chi connectivity index (χ0n) is 16.7. The molecule has 4 rings (SSSR count). The van der Waals surface area contributed by atoms with Crippen molar-refractivity contribution in [2.24, 2.45) is 0 Å². The van der Waals surface area contributed by atoms with Crippen molar-refractivity contribution in [2.75, 3.05) is 7.11 Å². The number of hydrogen-bond acceptors (Lipinski definition) is 3. The maximum atomic E-state index is 11.5. The molecule has 152 valence electrons. The number of methoxy groups -OCH3 is 1. The van der Waals surface area contributed by atoms with E-state index in [1.54, 1.807) is 0 Å². The van der Waals surface area contributed by atoms with Crippen molar-refractivity contribution in [3.8, 4) is 16.9 Å². The SMILES string of the molecule is COC(=O)CCc1ccc(OCc2ccc(Cl)cc2)c(-c2ccc3[nH]ccc3c2)c1. The number of aromatic amines is 1. The Morgan fingerprint density at radius 2 is 1.77 bits per heavy atom. The van der Waals surface area contributed by atoms with E-state index in [-0.39, 0.29) is 5.97 Å². The summed E-state index contributed by atoms with van der Waals surface area (Å²) in [6.07, 6.45) is 2.89. The molecule has 0 spiro atoms. The fraction of sp³-hybridized carbons (Fsp3) is 0.160. The van der Waals surface area contributed by atoms with Gasteiger partial charge in [0.05, 0.1) is 7.11 Å². The third-order valence-corrected chi connectivity index (χ3v) is 5.31. The van der Waals surface area contributed by atoms with Gasteiger partial charge in [0.1, 0.15) is 12.4 Å². The van der Waals surface area contributed by atoms with Crippen molar-refractivity contribution >= 4 is 28.5 Å². The van der Waals surface area contributed by atoms with Gasteiger partial charge in [-0.2, -0.15) is 0 Å². The lowest BCUT2D eigenvalue weighted by atomic mass is 9.98. The molecule has 0 amide bonds. The van der Waals surface area contributed by atoms with Gasteiger partial charge in [0, 0.05) is 28.7 Å². The number of carbonyl (C=O) groups excluding carboxylic acids is 1. The summed E-state index contributed by atoms with van der Waals surface area (Å²) in [4.78, 5) is 14.8. The number of carbonyl (C=O) groups is 1. The Kier molecular flexibility index (Phi) is 6.05. The maximum Gasteiger partial charge on any atom is 0.305 e. The van der Waals surface area contributed by atoms with Gasteiger partial charge in [-0.25, -0.2) is 0 Å². The minimum absolute atomic E-state index is 0.214. The fourth-order valence-corrected chi connectivity index (χ4v) is 3.52. The Morgan fingerprint density at radius 1 is 0.967 bits per heavy atom. The zero-order chi connectivity index (χ0) is 20.9. The number of fused-ring (bicyclic) bond motifs is 1. The molecule has 0 aliphatic carbocycles. The van der Waals surface area contributed by atoms with E-state index in [1.807, 2.05) is 48.7 Å². The molecule has 5 heteroatoms. The second-order valence-electron chi connectivity index (χ2n) is 7.10. The normalized spacial score (nSPS) is 10.9. The molecular weight excluding hydrogens is 398 g/mol. The number of ether oxygens (including phenoxy) is 2. The highest BCUT2D eigenvalue weighted by Crippen LogP contribution is 2.34. The highest BCUT2D eigenvalue weighted by molar-refractivity contribution is 6.30. The van der Waals surface area contributed by atoms with Crippen LogP contribution >= 0.6 is 11.6 Å². The van der Waals surface area contributed by atoms with E-state index < -0.39 is 0 Å². The molecule has 1 heterocycles. The third kappa shape index (κ3) is 4.66. The monoisotopic (exact) mass is 419 g/mol. The molecule has 4 aromatic rings. The molecule has 30 heavy (non-hydrogen) atoms. The molecule has 0 aliphatic rings. The lowest BCUT2D eigenvalue weighted by Gasteiger charge is -2.14. The number of rotatable bonds is 7. The van der Waals surface area contributed by atoms with Gasteiger partial charge < -0.3 is 14.5 Å². The maximum absolute atomic E-state index is 11.5. The first-order valence-corrected chi connectivity index (χ1v) is 10.1. The topological polar surface area (TPSA) is 51.3 Å². The van der Waals surface area contributed by atoms with Crippen molar-refractivity contribution in [1.29, 1.82) is 0 Å². The van der Waals surface area contributed by atoms with Crippen molar-refractivity contribution in [2.45, 2.75) is 19.4 Å². The zero-order valence-corrected chi connectivity index (χ0v) is 17.4. The number of esters is 1. The predicted molar refractivity (Wildman–Crippen MR) is 120 cm³/mol. The van der Waals surface area contributed by atoms with Gasteiger partial charge in [-0.3, -0.25) is 4.79 Å². The molecule has 4 nitrogen and oxygen atoms in total. The van der Waals surface area contributed by atoms with Crippen LogP contribution in [0.4, 0.5) is 0 Å². The Morgan fingerprint density at radius 3 is 2.57 bits per heavy atom. The minimum atomic E-state index is -0.214. The lowest BCUT2D eigenvalue weighted by Crippen LogP contribution is -2.02. The van der Waals surface area contributed by atoms with Crippen LogP contribution in [-0.4, -0.2) is 18.1 Å². The van der Waals surface area contributed by atoms with Crippen molar-refractivity contribution < 1.29 is 14.3 Å². The van der Waals surface area contributed by atoms with Gasteiger partial charge in [-0.05, 0) is 71.0 Å². The lowest BCUT2D eigenvalue weighted by molar-refractivity contribution is -0.140. The summed E-state index contributed by atoms with van der Waals surface area (Å²) in [5, 5.41) is 1.84. The van der Waals surface area contributed by atoms with Gasteiger partial charge in [0.15, 0.2) is 0 Å². The Balaban J connectivity index is 1.64. The van der Waals surface area contributed by atoms with Gasteiger partial charge in [-0.1, -0.05) is 35.9 Å². The first-order chi connectivity index (χ1) is 14.6. The molecule has 0 aliphatic heterocycles. The standard InChI is InChI=1S/C25H22ClNO3/c1-29-25(28)11-5-17-4-10-24(30-16-18-2-7-21(26)8-3-18)22(14-17)19-6-9-23-20(15-19)12-13-27-23/h2-4,6-10,12-15,27H,5,11,16H2,1H3. The van der Waals surface area contributed by atoms with Gasteiger partial charge in [0.2, 0.25) is 0 Å². The molecule has 0 atom stereocenters. The first-order valence-electron chi connectivity index (χ1n) is 9.77. The van der Waals surface area contributed by atoms with E-state index in [4.69, 9.17) is 21.1 Å². The predicted octanol–water partition coefficient (Wildman–Crippen LogP) is 6.17. The van der Waals surface area contributed by atoms with E-state index in [0.717, 1.165) is 38.9 Å². The summed E-state index contributed by atoms with van der Waals surface area (Å²) in [7, 11) is 1.41. The van der Waals surface area contributed by atoms with Gasteiger partial charge in [-0.15, -0.1) is 0 Å². The summed E-state index contributed by atoms with van der Waals surface area (Å²) in [6.45, 7) is 0.443. The van der Waals surface area contributed by atoms with Crippen molar-refractivity contribution in [3.05, 3.63) is 89.1 Å². The number of benzene rings is 3. The summed E-state index contributed by atoms with van der Waals surface area (Å²) >= 11 is 5.98. The van der Waals surface area contributed by atoms with Crippen LogP contribution in [0.1, 0.15) is 17.5 Å². The number of halogens is 1. The van der Waals surface area contributed by atoms with Gasteiger partial charge in [0.25, 0.3) is 0 Å². The number of aromatic nitrogens is 1. The quantitative estimate of drug-likeness (QED) is 0.364. The highest BCUT2D eigenvalue weighted by atomic mass is 35.5. The van der Waals surface area contributed by atoms with Crippen LogP contribution in [0.3, 0.4) is 0 Å². The summed E-state index contributed by atoms with van der Waals surface area (Å²) in [5.74, 6) is 0.579. The summed E-state index contributed by atoms with van der Waals surface area (Å²) in [5.41, 5.74) is 5.25. The van der Waals surface area contributed by atoms with Crippen molar-refractivity contribution in [3.63, 3.8) is 0 Å². The van der Waals surface area contributed by atoms with Crippen LogP contribution in [0.25, 0.3) is 22.0 Å². The van der Waals surface area contributed by atoms with Crippen LogP contribution in [0.15, 0.2) is 72.9 Å². The molecule has 1 aromatic heterocycles. The molecule has 0 radical (unpaired) electrons. The first kappa shape index (κ1) is 20.0. The molecule has 1 N–H and O–H groups in total. The molecule has 3 aromatic carbocycles. The third-order valence-electron chi connectivity index (χ3n) is 5.06. The van der Waals surface area contributed by atoms with E-state index >= 15 is 0 Å². The number of H-pyrrole nitrogens is 1. The fourth-order valence-electron chi connectivity index (χ4n) is 3.40. The van der Waals surface area contributed by atoms with Crippen LogP contribution in [0.2, 0.25) is 5.02 Å². The van der Waals surface area contributed by atoms with Crippen LogP contribution in [-0.2, 0) is 22.6 Å². The van der Waals surface area contributed by atoms with E-state index in [0.29, 0.717) is 24.5 Å². The van der Waals surface area contributed by atoms with E-state index in [9.17, 15) is 4.79 Å². The summed E-state index contributed by atoms with van der Waals surface area (Å²) in [6, 6.07) is 22.0. The molecule has 0 unspecified atom stereocenters. The van der Waals surface area contributed by atoms with E-state index in [1.165, 1.54) is 7.11 Å².